The van der Waals surface area contributed by atoms with E-state index in [4.69, 9.17) is 11.6 Å². The summed E-state index contributed by atoms with van der Waals surface area (Å²) in [5.41, 5.74) is -0.436. The van der Waals surface area contributed by atoms with Gasteiger partial charge in [-0.3, -0.25) is 14.9 Å². The molecule has 0 saturated heterocycles. The van der Waals surface area contributed by atoms with E-state index in [1.54, 1.807) is 0 Å². The fourth-order valence-electron chi connectivity index (χ4n) is 1.74. The second-order valence-electron chi connectivity index (χ2n) is 4.67. The lowest BCUT2D eigenvalue weighted by Crippen LogP contribution is -2.21. The van der Waals surface area contributed by atoms with Gasteiger partial charge in [-0.25, -0.2) is 13.6 Å². The highest BCUT2D eigenvalue weighted by Gasteiger charge is 2.15. The normalized spacial score (nSPS) is 10.2. The molecule has 0 heterocycles. The first kappa shape index (κ1) is 18.3. The maximum atomic E-state index is 13.0. The van der Waals surface area contributed by atoms with E-state index in [9.17, 15) is 28.5 Å². The summed E-state index contributed by atoms with van der Waals surface area (Å²) in [6.45, 7) is -0.717. The summed E-state index contributed by atoms with van der Waals surface area (Å²) < 4.78 is 30.5. The van der Waals surface area contributed by atoms with Gasteiger partial charge in [0.15, 0.2) is 18.2 Å². The molecule has 2 aromatic rings. The van der Waals surface area contributed by atoms with Gasteiger partial charge < -0.3 is 10.1 Å². The Kier molecular flexibility index (Phi) is 5.60. The van der Waals surface area contributed by atoms with Crippen molar-refractivity contribution in [1.82, 2.24) is 0 Å². The highest BCUT2D eigenvalue weighted by atomic mass is 35.5. The number of nitro benzene ring substituents is 1. The predicted octanol–water partition coefficient (Wildman–Crippen LogP) is 3.32. The van der Waals surface area contributed by atoms with E-state index >= 15 is 0 Å². The van der Waals surface area contributed by atoms with E-state index in [0.29, 0.717) is 6.07 Å². The largest absolute Gasteiger partial charge is 0.452 e. The van der Waals surface area contributed by atoms with Crippen molar-refractivity contribution in [3.63, 3.8) is 0 Å². The van der Waals surface area contributed by atoms with Gasteiger partial charge in [-0.15, -0.1) is 0 Å². The fraction of sp³-hybridized carbons (Fsp3) is 0.0667. The number of nitro groups is 1. The molecule has 10 heteroatoms. The van der Waals surface area contributed by atoms with Gasteiger partial charge in [-0.2, -0.15) is 0 Å². The van der Waals surface area contributed by atoms with Crippen LogP contribution in [0.5, 0.6) is 0 Å². The van der Waals surface area contributed by atoms with Gasteiger partial charge in [0.2, 0.25) is 0 Å². The Morgan fingerprint density at radius 2 is 1.88 bits per heavy atom. The van der Waals surface area contributed by atoms with Gasteiger partial charge in [-0.1, -0.05) is 11.6 Å². The van der Waals surface area contributed by atoms with Crippen LogP contribution in [0.15, 0.2) is 36.4 Å². The number of hydrogen-bond acceptors (Lipinski definition) is 5. The fourth-order valence-corrected chi connectivity index (χ4v) is 1.96. The van der Waals surface area contributed by atoms with Crippen LogP contribution in [0, 0.1) is 21.7 Å². The van der Waals surface area contributed by atoms with Crippen LogP contribution in [0.3, 0.4) is 0 Å². The molecule has 1 N–H and O–H groups in total. The number of rotatable bonds is 5. The van der Waals surface area contributed by atoms with Crippen LogP contribution in [-0.4, -0.2) is 23.4 Å². The standard InChI is InChI=1S/C15H9ClF2N2O5/c16-10-6-9(20(23)24)2-4-13(10)19-14(21)7-25-15(22)8-1-3-11(17)12(18)5-8/h1-6H,7H2,(H,19,21). The molecule has 2 aromatic carbocycles. The quantitative estimate of drug-likeness (QED) is 0.494. The molecule has 0 unspecified atom stereocenters. The summed E-state index contributed by atoms with van der Waals surface area (Å²) in [6, 6.07) is 5.80. The Hall–Kier alpha value is -3.07. The number of halogens is 3. The van der Waals surface area contributed by atoms with Crippen molar-refractivity contribution in [3.8, 4) is 0 Å². The Labute approximate surface area is 144 Å². The van der Waals surface area contributed by atoms with Crippen molar-refractivity contribution in [2.45, 2.75) is 0 Å². The summed E-state index contributed by atoms with van der Waals surface area (Å²) in [6.07, 6.45) is 0. The third-order valence-electron chi connectivity index (χ3n) is 2.93. The molecule has 0 aliphatic rings. The molecule has 0 aromatic heterocycles. The molecular formula is C15H9ClF2N2O5. The van der Waals surface area contributed by atoms with E-state index in [-0.39, 0.29) is 22.0 Å². The minimum Gasteiger partial charge on any atom is -0.452 e. The highest BCUT2D eigenvalue weighted by molar-refractivity contribution is 6.34. The lowest BCUT2D eigenvalue weighted by Gasteiger charge is -2.08. The zero-order chi connectivity index (χ0) is 18.6. The third-order valence-corrected chi connectivity index (χ3v) is 3.24. The van der Waals surface area contributed by atoms with Crippen LogP contribution in [0.4, 0.5) is 20.2 Å². The molecule has 0 atom stereocenters. The molecule has 25 heavy (non-hydrogen) atoms. The highest BCUT2D eigenvalue weighted by Crippen LogP contribution is 2.26. The Morgan fingerprint density at radius 3 is 2.48 bits per heavy atom. The minimum absolute atomic E-state index is 0.0746. The SMILES string of the molecule is O=C(COC(=O)c1ccc(F)c(F)c1)Nc1ccc([N+](=O)[O-])cc1Cl. The van der Waals surface area contributed by atoms with Crippen molar-refractivity contribution in [1.29, 1.82) is 0 Å². The van der Waals surface area contributed by atoms with Gasteiger partial charge >= 0.3 is 5.97 Å². The van der Waals surface area contributed by atoms with Crippen LogP contribution in [0.1, 0.15) is 10.4 Å². The average molecular weight is 371 g/mol. The molecule has 0 bridgehead atoms. The molecule has 0 fully saturated rings. The zero-order valence-corrected chi connectivity index (χ0v) is 13.0. The number of carbonyl (C=O) groups is 2. The number of carbonyl (C=O) groups excluding carboxylic acids is 2. The summed E-state index contributed by atoms with van der Waals surface area (Å²) in [4.78, 5) is 33.3. The number of esters is 1. The molecular weight excluding hydrogens is 362 g/mol. The van der Waals surface area contributed by atoms with Gasteiger partial charge in [0, 0.05) is 12.1 Å². The second-order valence-corrected chi connectivity index (χ2v) is 5.08. The van der Waals surface area contributed by atoms with E-state index < -0.39 is 35.0 Å². The van der Waals surface area contributed by atoms with Gasteiger partial charge in [0.05, 0.1) is 21.2 Å². The Balaban J connectivity index is 1.95. The number of non-ortho nitro benzene ring substituents is 1. The summed E-state index contributed by atoms with van der Waals surface area (Å²) >= 11 is 5.80. The van der Waals surface area contributed by atoms with Crippen LogP contribution < -0.4 is 5.32 Å². The smallest absolute Gasteiger partial charge is 0.338 e. The average Bonchev–Trinajstić information content (AvgIpc) is 2.56. The number of nitrogens with zero attached hydrogens (tertiary/aromatic N) is 1. The first-order chi connectivity index (χ1) is 11.8. The molecule has 0 radical (unpaired) electrons. The third kappa shape index (κ3) is 4.70. The van der Waals surface area contributed by atoms with Crippen molar-refractivity contribution in [2.24, 2.45) is 0 Å². The van der Waals surface area contributed by atoms with E-state index in [1.165, 1.54) is 6.07 Å². The first-order valence-electron chi connectivity index (χ1n) is 6.64. The molecule has 0 spiro atoms. The maximum Gasteiger partial charge on any atom is 0.338 e. The number of nitrogens with one attached hydrogen (secondary N) is 1. The summed E-state index contributed by atoms with van der Waals surface area (Å²) in [5, 5.41) is 12.8. The molecule has 0 aliphatic heterocycles. The van der Waals surface area contributed by atoms with E-state index in [2.05, 4.69) is 10.1 Å². The number of amides is 1. The molecule has 0 saturated carbocycles. The topological polar surface area (TPSA) is 98.5 Å². The summed E-state index contributed by atoms with van der Waals surface area (Å²) in [7, 11) is 0. The van der Waals surface area contributed by atoms with Crippen molar-refractivity contribution < 1.29 is 28.0 Å². The lowest BCUT2D eigenvalue weighted by atomic mass is 10.2. The monoisotopic (exact) mass is 370 g/mol. The Morgan fingerprint density at radius 1 is 1.16 bits per heavy atom. The van der Waals surface area contributed by atoms with Crippen molar-refractivity contribution in [2.75, 3.05) is 11.9 Å². The first-order valence-corrected chi connectivity index (χ1v) is 7.01. The van der Waals surface area contributed by atoms with Gasteiger partial charge in [-0.05, 0) is 24.3 Å². The minimum atomic E-state index is -1.23. The Bertz CT molecular complexity index is 860. The van der Waals surface area contributed by atoms with Crippen LogP contribution in [0.2, 0.25) is 5.02 Å². The number of benzene rings is 2. The lowest BCUT2D eigenvalue weighted by molar-refractivity contribution is -0.384. The molecule has 2 rings (SSSR count). The van der Waals surface area contributed by atoms with E-state index in [0.717, 1.165) is 24.3 Å². The van der Waals surface area contributed by atoms with Crippen molar-refractivity contribution in [3.05, 3.63) is 68.7 Å². The number of anilines is 1. The molecule has 1 amide bonds. The van der Waals surface area contributed by atoms with Crippen LogP contribution in [-0.2, 0) is 9.53 Å². The summed E-state index contributed by atoms with van der Waals surface area (Å²) in [5.74, 6) is -4.14. The van der Waals surface area contributed by atoms with Gasteiger partial charge in [0.25, 0.3) is 11.6 Å². The number of ether oxygens (including phenoxy) is 1. The van der Waals surface area contributed by atoms with Crippen molar-refractivity contribution >= 4 is 34.9 Å². The maximum absolute atomic E-state index is 13.0. The predicted molar refractivity (Wildman–Crippen MR) is 83.4 cm³/mol. The second kappa shape index (κ2) is 7.67. The van der Waals surface area contributed by atoms with E-state index in [1.807, 2.05) is 0 Å². The molecule has 130 valence electrons. The van der Waals surface area contributed by atoms with Gasteiger partial charge in [0.1, 0.15) is 0 Å². The van der Waals surface area contributed by atoms with Crippen LogP contribution in [0.25, 0.3) is 0 Å². The molecule has 0 aliphatic carbocycles. The number of hydrogen-bond donors (Lipinski definition) is 1. The zero-order valence-electron chi connectivity index (χ0n) is 12.3. The molecule has 7 nitrogen and oxygen atoms in total. The van der Waals surface area contributed by atoms with Crippen LogP contribution >= 0.6 is 11.6 Å².